The maximum Gasteiger partial charge on any atom is 0.251 e. The van der Waals surface area contributed by atoms with Gasteiger partial charge in [-0.05, 0) is 70.1 Å². The lowest BCUT2D eigenvalue weighted by Crippen LogP contribution is -2.83. The van der Waals surface area contributed by atoms with Crippen LogP contribution in [0.4, 0.5) is 42.9 Å². The molecule has 0 radical (unpaired) electrons. The van der Waals surface area contributed by atoms with Gasteiger partial charge in [0.1, 0.15) is 19.7 Å². The fourth-order valence-electron chi connectivity index (χ4n) is 9.79. The van der Waals surface area contributed by atoms with E-state index in [1.165, 1.54) is 44.1 Å². The second kappa shape index (κ2) is 12.0. The quantitative estimate of drug-likeness (QED) is 0.164. The van der Waals surface area contributed by atoms with E-state index < -0.39 is 8.07 Å². The highest BCUT2D eigenvalue weighted by Crippen LogP contribution is 2.48. The third-order valence-electron chi connectivity index (χ3n) is 12.1. The van der Waals surface area contributed by atoms with Crippen LogP contribution in [0.3, 0.4) is 0 Å². The average Bonchev–Trinajstić information content (AvgIpc) is 3.23. The van der Waals surface area contributed by atoms with E-state index in [9.17, 15) is 0 Å². The van der Waals surface area contributed by atoms with Gasteiger partial charge in [-0.2, -0.15) is 0 Å². The summed E-state index contributed by atoms with van der Waals surface area (Å²) in [7, 11) is -2.64. The van der Waals surface area contributed by atoms with Crippen molar-refractivity contribution in [3.63, 3.8) is 0 Å². The van der Waals surface area contributed by atoms with Crippen molar-refractivity contribution >= 4 is 80.9 Å². The Balaban J connectivity index is 1.28. The molecule has 8 aromatic rings. The largest absolute Gasteiger partial charge is 0.311 e. The predicted molar refractivity (Wildman–Crippen MR) is 228 cm³/mol. The minimum atomic E-state index is -2.64. The molecular weight excluding hydrogens is 693 g/mol. The van der Waals surface area contributed by atoms with Crippen molar-refractivity contribution in [1.29, 1.82) is 0 Å². The Kier molecular flexibility index (Phi) is 6.98. The van der Waals surface area contributed by atoms with Gasteiger partial charge in [-0.1, -0.05) is 150 Å². The molecule has 55 heavy (non-hydrogen) atoms. The van der Waals surface area contributed by atoms with Gasteiger partial charge in [0.05, 0.1) is 11.4 Å². The van der Waals surface area contributed by atoms with E-state index >= 15 is 8.78 Å². The maximum atomic E-state index is 15.7. The van der Waals surface area contributed by atoms with Gasteiger partial charge in [0.25, 0.3) is 6.71 Å². The second-order valence-corrected chi connectivity index (χ2v) is 18.7. The number of benzene rings is 8. The van der Waals surface area contributed by atoms with Crippen LogP contribution in [0, 0.1) is 11.6 Å². The molecule has 0 saturated carbocycles. The number of nitrogens with zero attached hydrogens (tertiary/aromatic N) is 2. The molecule has 260 valence electrons. The van der Waals surface area contributed by atoms with E-state index in [1.54, 1.807) is 12.1 Å². The number of hydrogen-bond acceptors (Lipinski definition) is 2. The van der Waals surface area contributed by atoms with E-state index in [1.807, 2.05) is 60.7 Å². The molecule has 0 amide bonds. The lowest BCUT2D eigenvalue weighted by atomic mass is 9.33. The molecule has 0 bridgehead atoms. The molecule has 0 atom stereocenters. The lowest BCUT2D eigenvalue weighted by Gasteiger charge is -2.50. The molecule has 0 aliphatic carbocycles. The zero-order valence-electron chi connectivity index (χ0n) is 30.0. The second-order valence-electron chi connectivity index (χ2n) is 14.8. The summed E-state index contributed by atoms with van der Waals surface area (Å²) in [6.07, 6.45) is 0. The van der Waals surface area contributed by atoms with Crippen LogP contribution < -0.4 is 41.7 Å². The summed E-state index contributed by atoms with van der Waals surface area (Å²) in [5.74, 6) is -0.512. The van der Waals surface area contributed by atoms with Crippen molar-refractivity contribution in [2.75, 3.05) is 9.80 Å². The first-order valence-corrected chi connectivity index (χ1v) is 21.3. The van der Waals surface area contributed by atoms with E-state index in [0.717, 1.165) is 45.3 Å². The van der Waals surface area contributed by atoms with Crippen molar-refractivity contribution in [1.82, 2.24) is 0 Å². The lowest BCUT2D eigenvalue weighted by molar-refractivity contribution is 0.631. The fourth-order valence-corrected chi connectivity index (χ4v) is 14.0. The maximum absolute atomic E-state index is 15.7. The summed E-state index contributed by atoms with van der Waals surface area (Å²) in [6.45, 7) is 2.45. The zero-order chi connectivity index (χ0) is 36.8. The highest BCUT2D eigenvalue weighted by Gasteiger charge is 2.53. The van der Waals surface area contributed by atoms with Crippen molar-refractivity contribution in [2.45, 2.75) is 6.55 Å². The summed E-state index contributed by atoms with van der Waals surface area (Å²) < 4.78 is 31.5. The molecular formula is C49H33BF2N2Si. The number of para-hydroxylation sites is 2. The fraction of sp³-hybridized carbons (Fsp3) is 0.0204. The Morgan fingerprint density at radius 2 is 0.727 bits per heavy atom. The normalized spacial score (nSPS) is 14.1. The Labute approximate surface area is 320 Å². The van der Waals surface area contributed by atoms with Crippen molar-refractivity contribution in [3.05, 3.63) is 194 Å². The summed E-state index contributed by atoms with van der Waals surface area (Å²) in [4.78, 5) is 4.74. The van der Waals surface area contributed by atoms with Crippen LogP contribution in [0.2, 0.25) is 6.55 Å². The SMILES string of the molecule is C[Si]1(c2ccccc2)c2cccc3c2B2c4c(cccc4N(c4ccccc4-c4ccccc4F)c4cccc1c42)N3c1ccccc1-c1ccccc1F. The molecule has 11 rings (SSSR count). The van der Waals surface area contributed by atoms with Crippen LogP contribution in [-0.4, -0.2) is 14.8 Å². The van der Waals surface area contributed by atoms with E-state index in [4.69, 9.17) is 0 Å². The highest BCUT2D eigenvalue weighted by molar-refractivity contribution is 7.21. The standard InChI is InChI=1S/C49H33BF2N2Si/c1-55(32-16-3-2-4-17-32)45-30-14-28-43-48(45)50-47-41(53(43)39-24-11-7-20-35(39)33-18-5-9-22-37(33)51)26-13-27-42(47)54(44-29-15-31-46(55)49(44)50)40-25-12-8-21-36(40)34-19-6-10-23-38(34)52/h2-31H,1H3. The minimum absolute atomic E-state index is 0.0402. The highest BCUT2D eigenvalue weighted by atomic mass is 28.3. The molecule has 0 spiro atoms. The summed E-state index contributed by atoms with van der Waals surface area (Å²) in [6, 6.07) is 61.6. The van der Waals surface area contributed by atoms with Crippen LogP contribution in [-0.2, 0) is 0 Å². The van der Waals surface area contributed by atoms with Gasteiger partial charge in [0.15, 0.2) is 0 Å². The van der Waals surface area contributed by atoms with Gasteiger partial charge in [-0.3, -0.25) is 0 Å². The number of rotatable bonds is 5. The molecule has 8 aromatic carbocycles. The molecule has 0 saturated heterocycles. The Morgan fingerprint density at radius 1 is 0.364 bits per heavy atom. The summed E-state index contributed by atoms with van der Waals surface area (Å²) >= 11 is 0. The molecule has 3 aliphatic rings. The van der Waals surface area contributed by atoms with Gasteiger partial charge in [-0.25, -0.2) is 8.78 Å². The Bertz CT molecular complexity index is 2690. The van der Waals surface area contributed by atoms with Crippen molar-refractivity contribution < 1.29 is 8.78 Å². The van der Waals surface area contributed by atoms with Gasteiger partial charge < -0.3 is 9.80 Å². The molecule has 0 unspecified atom stereocenters. The predicted octanol–water partition coefficient (Wildman–Crippen LogP) is 8.79. The molecule has 3 aliphatic heterocycles. The Hall–Kier alpha value is -6.50. The van der Waals surface area contributed by atoms with E-state index in [-0.39, 0.29) is 18.3 Å². The van der Waals surface area contributed by atoms with Crippen molar-refractivity contribution in [2.24, 2.45) is 0 Å². The zero-order valence-corrected chi connectivity index (χ0v) is 31.0. The number of anilines is 6. The average molecular weight is 727 g/mol. The number of hydrogen-bond donors (Lipinski definition) is 0. The first-order chi connectivity index (χ1) is 27.1. The smallest absolute Gasteiger partial charge is 0.251 e. The van der Waals surface area contributed by atoms with E-state index in [2.05, 4.69) is 113 Å². The van der Waals surface area contributed by atoms with Crippen LogP contribution >= 0.6 is 0 Å². The summed E-state index contributed by atoms with van der Waals surface area (Å²) in [5.41, 5.74) is 12.8. The van der Waals surface area contributed by atoms with Crippen LogP contribution in [0.15, 0.2) is 182 Å². The van der Waals surface area contributed by atoms with Crippen LogP contribution in [0.25, 0.3) is 22.3 Å². The topological polar surface area (TPSA) is 6.48 Å². The molecule has 3 heterocycles. The van der Waals surface area contributed by atoms with Crippen LogP contribution in [0.5, 0.6) is 0 Å². The minimum Gasteiger partial charge on any atom is -0.311 e. The van der Waals surface area contributed by atoms with Gasteiger partial charge in [-0.15, -0.1) is 0 Å². The number of halogens is 2. The van der Waals surface area contributed by atoms with Gasteiger partial charge >= 0.3 is 0 Å². The third-order valence-corrected chi connectivity index (χ3v) is 16.6. The molecule has 0 fully saturated rings. The third kappa shape index (κ3) is 4.40. The van der Waals surface area contributed by atoms with Gasteiger partial charge in [0, 0.05) is 45.0 Å². The first-order valence-electron chi connectivity index (χ1n) is 18.8. The Morgan fingerprint density at radius 3 is 1.20 bits per heavy atom. The molecule has 0 N–H and O–H groups in total. The van der Waals surface area contributed by atoms with E-state index in [0.29, 0.717) is 11.1 Å². The van der Waals surface area contributed by atoms with Gasteiger partial charge in [0.2, 0.25) is 0 Å². The molecule has 6 heteroatoms. The molecule has 0 aromatic heterocycles. The molecule has 2 nitrogen and oxygen atoms in total. The van der Waals surface area contributed by atoms with Crippen LogP contribution in [0.1, 0.15) is 0 Å². The van der Waals surface area contributed by atoms with Crippen molar-refractivity contribution in [3.8, 4) is 22.3 Å². The monoisotopic (exact) mass is 726 g/mol. The summed E-state index contributed by atoms with van der Waals surface area (Å²) in [5, 5.41) is 4.12. The first kappa shape index (κ1) is 32.0.